The molecule has 5 heteroatoms. The lowest BCUT2D eigenvalue weighted by Gasteiger charge is -2.14. The number of rotatable bonds is 9. The first kappa shape index (κ1) is 19.0. The molecule has 0 saturated heterocycles. The van der Waals surface area contributed by atoms with Gasteiger partial charge in [-0.2, -0.15) is 8.42 Å². The minimum absolute atomic E-state index is 0.162. The van der Waals surface area contributed by atoms with E-state index < -0.39 is 10.1 Å². The summed E-state index contributed by atoms with van der Waals surface area (Å²) in [6.07, 6.45) is 4.47. The van der Waals surface area contributed by atoms with Gasteiger partial charge in [-0.15, -0.1) is 0 Å². The van der Waals surface area contributed by atoms with Gasteiger partial charge >= 0.3 is 0 Å². The molecule has 1 aromatic carbocycles. The van der Waals surface area contributed by atoms with Crippen molar-refractivity contribution in [2.75, 3.05) is 6.61 Å². The van der Waals surface area contributed by atoms with Crippen LogP contribution >= 0.6 is 0 Å². The molecule has 4 nitrogen and oxygen atoms in total. The van der Waals surface area contributed by atoms with Gasteiger partial charge in [0.15, 0.2) is 0 Å². The maximum absolute atomic E-state index is 11.3. The van der Waals surface area contributed by atoms with Crippen molar-refractivity contribution in [2.45, 2.75) is 58.3 Å². The van der Waals surface area contributed by atoms with E-state index in [1.165, 1.54) is 18.9 Å². The molecule has 0 bridgehead atoms. The smallest absolute Gasteiger partial charge is 0.298 e. The predicted octanol–water partition coefficient (Wildman–Crippen LogP) is 4.47. The zero-order valence-electron chi connectivity index (χ0n) is 14.0. The standard InChI is InChI=1S/C17H28O4S/c1-13(2)6-5-7-14(3)10-11-21-16-12-15(4)8-9-17(16)22(18,19)20/h8-9,12-14H,5-7,10-11H2,1-4H3,(H,18,19,20). The first-order chi connectivity index (χ1) is 10.2. The molecule has 1 unspecified atom stereocenters. The molecule has 0 fully saturated rings. The second-order valence-corrected chi connectivity index (χ2v) is 7.88. The molecule has 0 saturated carbocycles. The Labute approximate surface area is 134 Å². The van der Waals surface area contributed by atoms with Gasteiger partial charge in [0.05, 0.1) is 6.61 Å². The topological polar surface area (TPSA) is 63.6 Å². The molecule has 1 rings (SSSR count). The molecule has 0 aliphatic carbocycles. The number of hydrogen-bond acceptors (Lipinski definition) is 3. The molecule has 0 aromatic heterocycles. The van der Waals surface area contributed by atoms with Crippen LogP contribution in [0.15, 0.2) is 23.1 Å². The lowest BCUT2D eigenvalue weighted by Crippen LogP contribution is -2.08. The van der Waals surface area contributed by atoms with E-state index in [1.54, 1.807) is 12.1 Å². The van der Waals surface area contributed by atoms with E-state index in [2.05, 4.69) is 20.8 Å². The van der Waals surface area contributed by atoms with Gasteiger partial charge in [0.1, 0.15) is 10.6 Å². The first-order valence-electron chi connectivity index (χ1n) is 7.91. The Kier molecular flexibility index (Phi) is 7.36. The third-order valence-corrected chi connectivity index (χ3v) is 4.62. The van der Waals surface area contributed by atoms with Gasteiger partial charge in [-0.1, -0.05) is 46.1 Å². The summed E-state index contributed by atoms with van der Waals surface area (Å²) in [7, 11) is -4.25. The van der Waals surface area contributed by atoms with E-state index in [0.29, 0.717) is 12.5 Å². The maximum atomic E-state index is 11.3. The largest absolute Gasteiger partial charge is 0.492 e. The Balaban J connectivity index is 2.53. The Morgan fingerprint density at radius 3 is 2.41 bits per heavy atom. The molecule has 22 heavy (non-hydrogen) atoms. The molecule has 0 aliphatic heterocycles. The first-order valence-corrected chi connectivity index (χ1v) is 9.35. The molecule has 0 radical (unpaired) electrons. The second kappa shape index (κ2) is 8.53. The van der Waals surface area contributed by atoms with Crippen molar-refractivity contribution in [3.8, 4) is 5.75 Å². The van der Waals surface area contributed by atoms with Gasteiger partial charge < -0.3 is 4.74 Å². The summed E-state index contributed by atoms with van der Waals surface area (Å²) in [5, 5.41) is 0. The fraction of sp³-hybridized carbons (Fsp3) is 0.647. The third-order valence-electron chi connectivity index (χ3n) is 3.72. The number of benzene rings is 1. The summed E-state index contributed by atoms with van der Waals surface area (Å²) in [6.45, 7) is 8.94. The lowest BCUT2D eigenvalue weighted by atomic mass is 9.98. The van der Waals surface area contributed by atoms with Crippen molar-refractivity contribution in [3.63, 3.8) is 0 Å². The van der Waals surface area contributed by atoms with E-state index in [0.717, 1.165) is 24.3 Å². The van der Waals surface area contributed by atoms with E-state index >= 15 is 0 Å². The highest BCUT2D eigenvalue weighted by Gasteiger charge is 2.17. The number of aryl methyl sites for hydroxylation is 1. The van der Waals surface area contributed by atoms with Crippen LogP contribution in [0.1, 0.15) is 52.0 Å². The van der Waals surface area contributed by atoms with Crippen LogP contribution in [-0.2, 0) is 10.1 Å². The maximum Gasteiger partial charge on any atom is 0.298 e. The average molecular weight is 328 g/mol. The fourth-order valence-electron chi connectivity index (χ4n) is 2.33. The molecule has 126 valence electrons. The van der Waals surface area contributed by atoms with Crippen molar-refractivity contribution in [1.29, 1.82) is 0 Å². The normalized spacial score (nSPS) is 13.4. The highest BCUT2D eigenvalue weighted by atomic mass is 32.2. The molecule has 0 amide bonds. The zero-order valence-corrected chi connectivity index (χ0v) is 14.8. The van der Waals surface area contributed by atoms with Gasteiger partial charge in [0, 0.05) is 0 Å². The van der Waals surface area contributed by atoms with Crippen molar-refractivity contribution < 1.29 is 17.7 Å². The number of ether oxygens (including phenoxy) is 1. The Morgan fingerprint density at radius 1 is 1.14 bits per heavy atom. The highest BCUT2D eigenvalue weighted by Crippen LogP contribution is 2.25. The Bertz CT molecular complexity index is 564. The van der Waals surface area contributed by atoms with E-state index in [4.69, 9.17) is 4.74 Å². The number of hydrogen-bond donors (Lipinski definition) is 1. The lowest BCUT2D eigenvalue weighted by molar-refractivity contribution is 0.269. The summed E-state index contributed by atoms with van der Waals surface area (Å²) >= 11 is 0. The minimum atomic E-state index is -4.25. The molecule has 0 aliphatic rings. The highest BCUT2D eigenvalue weighted by molar-refractivity contribution is 7.86. The molecule has 1 aromatic rings. The Morgan fingerprint density at radius 2 is 1.82 bits per heavy atom. The summed E-state index contributed by atoms with van der Waals surface area (Å²) in [5.41, 5.74) is 0.896. The van der Waals surface area contributed by atoms with Gasteiger partial charge in [-0.25, -0.2) is 0 Å². The van der Waals surface area contributed by atoms with Crippen LogP contribution in [0.4, 0.5) is 0 Å². The van der Waals surface area contributed by atoms with Crippen LogP contribution in [0, 0.1) is 18.8 Å². The SMILES string of the molecule is Cc1ccc(S(=O)(=O)O)c(OCCC(C)CCCC(C)C)c1. The van der Waals surface area contributed by atoms with Crippen LogP contribution in [0.3, 0.4) is 0 Å². The zero-order chi connectivity index (χ0) is 16.8. The molecule has 1 atom stereocenters. The van der Waals surface area contributed by atoms with E-state index in [-0.39, 0.29) is 10.6 Å². The van der Waals surface area contributed by atoms with Gasteiger partial charge in [0.25, 0.3) is 10.1 Å². The molecule has 1 N–H and O–H groups in total. The summed E-state index contributed by atoms with van der Waals surface area (Å²) in [4.78, 5) is -0.162. The van der Waals surface area contributed by atoms with Crippen molar-refractivity contribution in [1.82, 2.24) is 0 Å². The average Bonchev–Trinajstić information content (AvgIpc) is 2.36. The van der Waals surface area contributed by atoms with E-state index in [1.807, 2.05) is 6.92 Å². The van der Waals surface area contributed by atoms with Gasteiger partial charge in [-0.05, 0) is 42.9 Å². The van der Waals surface area contributed by atoms with Crippen molar-refractivity contribution in [2.24, 2.45) is 11.8 Å². The minimum Gasteiger partial charge on any atom is -0.492 e. The van der Waals surface area contributed by atoms with Crippen LogP contribution in [0.2, 0.25) is 0 Å². The third kappa shape index (κ3) is 6.79. The fourth-order valence-corrected chi connectivity index (χ4v) is 2.94. The molecule has 0 spiro atoms. The van der Waals surface area contributed by atoms with Crippen molar-refractivity contribution >= 4 is 10.1 Å². The van der Waals surface area contributed by atoms with Crippen LogP contribution < -0.4 is 4.74 Å². The van der Waals surface area contributed by atoms with Crippen LogP contribution in [0.5, 0.6) is 5.75 Å². The van der Waals surface area contributed by atoms with Gasteiger partial charge in [0.2, 0.25) is 0 Å². The monoisotopic (exact) mass is 328 g/mol. The summed E-state index contributed by atoms with van der Waals surface area (Å²) in [6, 6.07) is 4.67. The van der Waals surface area contributed by atoms with Gasteiger partial charge in [-0.3, -0.25) is 4.55 Å². The summed E-state index contributed by atoms with van der Waals surface area (Å²) in [5.74, 6) is 1.50. The second-order valence-electron chi connectivity index (χ2n) is 6.49. The molecular formula is C17H28O4S. The Hall–Kier alpha value is -1.07. The van der Waals surface area contributed by atoms with Crippen molar-refractivity contribution in [3.05, 3.63) is 23.8 Å². The van der Waals surface area contributed by atoms with Crippen LogP contribution in [-0.4, -0.2) is 19.6 Å². The summed E-state index contributed by atoms with van der Waals surface area (Å²) < 4.78 is 37.5. The molecule has 0 heterocycles. The predicted molar refractivity (Wildman–Crippen MR) is 89.0 cm³/mol. The quantitative estimate of drug-likeness (QED) is 0.679. The molecular weight excluding hydrogens is 300 g/mol. The van der Waals surface area contributed by atoms with E-state index in [9.17, 15) is 13.0 Å². The van der Waals surface area contributed by atoms with Crippen LogP contribution in [0.25, 0.3) is 0 Å².